The first-order chi connectivity index (χ1) is 19.5. The number of nitrogens with zero attached hydrogens (tertiary/aromatic N) is 7. The lowest BCUT2D eigenvalue weighted by molar-refractivity contribution is 0.0781. The number of carbonyl (C=O) groups excluding carboxylic acids is 1. The maximum Gasteiger partial charge on any atom is 0.257 e. The summed E-state index contributed by atoms with van der Waals surface area (Å²) in [5, 5.41) is 23.5. The van der Waals surface area contributed by atoms with Crippen LogP contribution in [-0.4, -0.2) is 78.9 Å². The molecule has 0 saturated carbocycles. The predicted octanol–water partition coefficient (Wildman–Crippen LogP) is 3.47. The lowest BCUT2D eigenvalue weighted by Gasteiger charge is -2.32. The molecule has 4 heterocycles. The van der Waals surface area contributed by atoms with E-state index < -0.39 is 5.60 Å². The van der Waals surface area contributed by atoms with Gasteiger partial charge in [-0.3, -0.25) is 9.78 Å². The molecule has 4 N–H and O–H groups in total. The van der Waals surface area contributed by atoms with Crippen LogP contribution in [0.3, 0.4) is 0 Å². The van der Waals surface area contributed by atoms with Crippen molar-refractivity contribution in [2.24, 2.45) is 0 Å². The van der Waals surface area contributed by atoms with Crippen molar-refractivity contribution in [1.82, 2.24) is 34.6 Å². The molecule has 3 aromatic heterocycles. The van der Waals surface area contributed by atoms with Gasteiger partial charge in [-0.25, -0.2) is 15.0 Å². The molecule has 1 aromatic carbocycles. The molecule has 0 atom stereocenters. The Morgan fingerprint density at radius 3 is 2.54 bits per heavy atom. The monoisotopic (exact) mass is 556 g/mol. The fourth-order valence-electron chi connectivity index (χ4n) is 4.44. The fourth-order valence-corrected chi connectivity index (χ4v) is 4.44. The summed E-state index contributed by atoms with van der Waals surface area (Å²) in [6.07, 6.45) is 4.56. The minimum absolute atomic E-state index is 0.319. The number of carbonyl (C=O) groups is 1. The Kier molecular flexibility index (Phi) is 7.97. The van der Waals surface area contributed by atoms with Crippen molar-refractivity contribution in [3.63, 3.8) is 0 Å². The maximum atomic E-state index is 13.0. The molecule has 1 aliphatic rings. The van der Waals surface area contributed by atoms with E-state index in [0.717, 1.165) is 48.9 Å². The summed E-state index contributed by atoms with van der Waals surface area (Å²) in [4.78, 5) is 28.3. The van der Waals surface area contributed by atoms with E-state index in [2.05, 4.69) is 53.1 Å². The number of benzene rings is 1. The number of piperazine rings is 1. The number of rotatable bonds is 8. The van der Waals surface area contributed by atoms with Crippen LogP contribution in [0.4, 0.5) is 23.0 Å². The van der Waals surface area contributed by atoms with E-state index in [4.69, 9.17) is 0 Å². The van der Waals surface area contributed by atoms with Crippen LogP contribution in [-0.2, 0) is 5.60 Å². The lowest BCUT2D eigenvalue weighted by atomic mass is 9.99. The highest BCUT2D eigenvalue weighted by Gasteiger charge is 2.19. The quantitative estimate of drug-likeness (QED) is 0.255. The zero-order valence-electron chi connectivity index (χ0n) is 24.0. The van der Waals surface area contributed by atoms with Gasteiger partial charge in [0.15, 0.2) is 5.82 Å². The summed E-state index contributed by atoms with van der Waals surface area (Å²) in [6, 6.07) is 11.1. The topological polar surface area (TPSA) is 136 Å². The van der Waals surface area contributed by atoms with Crippen molar-refractivity contribution in [3.05, 3.63) is 77.5 Å². The van der Waals surface area contributed by atoms with Crippen molar-refractivity contribution in [2.75, 3.05) is 49.3 Å². The zero-order valence-corrected chi connectivity index (χ0v) is 24.0. The van der Waals surface area contributed by atoms with Gasteiger partial charge in [0, 0.05) is 67.6 Å². The van der Waals surface area contributed by atoms with Crippen LogP contribution in [0.15, 0.2) is 55.1 Å². The largest absolute Gasteiger partial charge is 0.386 e. The molecule has 0 unspecified atom stereocenters. The van der Waals surface area contributed by atoms with E-state index in [9.17, 15) is 9.90 Å². The van der Waals surface area contributed by atoms with Crippen LogP contribution in [0.25, 0.3) is 5.82 Å². The second-order valence-corrected chi connectivity index (χ2v) is 10.9. The Balaban J connectivity index is 1.34. The third kappa shape index (κ3) is 6.85. The molecule has 5 rings (SSSR count). The van der Waals surface area contributed by atoms with Gasteiger partial charge in [0.05, 0.1) is 16.9 Å². The SMILES string of the molecule is Cc1cc(Nc2cc(NC(=O)c3cncc(C(C)(C)O)c3)ccc2C)n(-c2cc(NN3CCN(C)CC3)ncn2)n1. The predicted molar refractivity (Wildman–Crippen MR) is 158 cm³/mol. The average molecular weight is 557 g/mol. The Bertz CT molecular complexity index is 1540. The molecule has 4 aromatic rings. The average Bonchev–Trinajstić information content (AvgIpc) is 3.31. The Morgan fingerprint density at radius 2 is 1.78 bits per heavy atom. The number of hydrogen-bond donors (Lipinski definition) is 4. The van der Waals surface area contributed by atoms with Gasteiger partial charge >= 0.3 is 0 Å². The summed E-state index contributed by atoms with van der Waals surface area (Å²) < 4.78 is 1.74. The first-order valence-electron chi connectivity index (χ1n) is 13.5. The second kappa shape index (κ2) is 11.6. The fraction of sp³-hybridized carbons (Fsp3) is 0.345. The smallest absolute Gasteiger partial charge is 0.257 e. The molecule has 1 fully saturated rings. The zero-order chi connectivity index (χ0) is 29.1. The van der Waals surface area contributed by atoms with Crippen molar-refractivity contribution < 1.29 is 9.90 Å². The number of aliphatic hydroxyl groups is 1. The highest BCUT2D eigenvalue weighted by Crippen LogP contribution is 2.27. The number of aromatic nitrogens is 5. The molecule has 1 saturated heterocycles. The number of aryl methyl sites for hydroxylation is 2. The molecule has 0 spiro atoms. The third-order valence-corrected chi connectivity index (χ3v) is 6.94. The van der Waals surface area contributed by atoms with Crippen molar-refractivity contribution in [1.29, 1.82) is 0 Å². The molecule has 0 bridgehead atoms. The molecule has 12 heteroatoms. The molecule has 0 radical (unpaired) electrons. The van der Waals surface area contributed by atoms with Crippen LogP contribution in [0.1, 0.15) is 41.0 Å². The number of anilines is 4. The molecule has 12 nitrogen and oxygen atoms in total. The van der Waals surface area contributed by atoms with Gasteiger partial charge in [-0.05, 0) is 58.5 Å². The molecular weight excluding hydrogens is 520 g/mol. The normalized spacial score (nSPS) is 14.6. The van der Waals surface area contributed by atoms with Gasteiger partial charge in [-0.15, -0.1) is 0 Å². The summed E-state index contributed by atoms with van der Waals surface area (Å²) in [5.41, 5.74) is 6.42. The number of nitrogens with one attached hydrogen (secondary N) is 3. The van der Waals surface area contributed by atoms with Gasteiger partial charge in [0.25, 0.3) is 5.91 Å². The molecule has 1 amide bonds. The second-order valence-electron chi connectivity index (χ2n) is 10.9. The van der Waals surface area contributed by atoms with Gasteiger partial charge < -0.3 is 26.1 Å². The van der Waals surface area contributed by atoms with Crippen molar-refractivity contribution in [3.8, 4) is 5.82 Å². The van der Waals surface area contributed by atoms with Gasteiger partial charge in [0.1, 0.15) is 18.0 Å². The first-order valence-corrected chi connectivity index (χ1v) is 13.5. The standard InChI is InChI=1S/C29H36N10O2/c1-19-6-7-23(33-28(40)21-13-22(17-30-16-21)29(3,4)41)14-24(19)34-27-12-20(2)35-39(27)26-15-25(31-18-32-26)36-38-10-8-37(5)9-11-38/h6-7,12-18,34,41H,8-11H2,1-5H3,(H,33,40)(H,31,32,36). The van der Waals surface area contributed by atoms with E-state index >= 15 is 0 Å². The van der Waals surface area contributed by atoms with Gasteiger partial charge in [0.2, 0.25) is 0 Å². The van der Waals surface area contributed by atoms with Crippen molar-refractivity contribution in [2.45, 2.75) is 33.3 Å². The minimum Gasteiger partial charge on any atom is -0.386 e. The molecular formula is C29H36N10O2. The number of hydrogen-bond acceptors (Lipinski definition) is 10. The molecule has 214 valence electrons. The number of hydrazine groups is 1. The molecule has 0 aliphatic carbocycles. The Labute approximate surface area is 239 Å². The summed E-state index contributed by atoms with van der Waals surface area (Å²) in [7, 11) is 2.12. The Morgan fingerprint density at radius 1 is 1.00 bits per heavy atom. The van der Waals surface area contributed by atoms with E-state index in [0.29, 0.717) is 28.5 Å². The number of likely N-dealkylation sites (N-methyl/N-ethyl adjacent to an activating group) is 1. The molecule has 41 heavy (non-hydrogen) atoms. The van der Waals surface area contributed by atoms with E-state index in [1.54, 1.807) is 30.8 Å². The molecule has 1 aliphatic heterocycles. The van der Waals surface area contributed by atoms with E-state index in [-0.39, 0.29) is 5.91 Å². The lowest BCUT2D eigenvalue weighted by Crippen LogP contribution is -2.47. The number of amides is 1. The first kappa shape index (κ1) is 28.1. The van der Waals surface area contributed by atoms with Crippen LogP contribution >= 0.6 is 0 Å². The maximum absolute atomic E-state index is 13.0. The van der Waals surface area contributed by atoms with Crippen LogP contribution in [0.5, 0.6) is 0 Å². The van der Waals surface area contributed by atoms with Crippen LogP contribution in [0, 0.1) is 13.8 Å². The van der Waals surface area contributed by atoms with Gasteiger partial charge in [-0.2, -0.15) is 9.78 Å². The van der Waals surface area contributed by atoms with Crippen LogP contribution < -0.4 is 16.1 Å². The Hall–Kier alpha value is -4.39. The number of pyridine rings is 1. The minimum atomic E-state index is -1.10. The highest BCUT2D eigenvalue weighted by atomic mass is 16.3. The summed E-state index contributed by atoms with van der Waals surface area (Å²) in [5.74, 6) is 1.72. The summed E-state index contributed by atoms with van der Waals surface area (Å²) in [6.45, 7) is 11.0. The van der Waals surface area contributed by atoms with Crippen LogP contribution in [0.2, 0.25) is 0 Å². The van der Waals surface area contributed by atoms with E-state index in [1.807, 2.05) is 44.2 Å². The summed E-state index contributed by atoms with van der Waals surface area (Å²) >= 11 is 0. The third-order valence-electron chi connectivity index (χ3n) is 6.94. The van der Waals surface area contributed by atoms with Gasteiger partial charge in [-0.1, -0.05) is 6.07 Å². The van der Waals surface area contributed by atoms with E-state index in [1.165, 1.54) is 12.5 Å². The highest BCUT2D eigenvalue weighted by molar-refractivity contribution is 6.04. The van der Waals surface area contributed by atoms with Crippen molar-refractivity contribution >= 4 is 28.9 Å².